The van der Waals surface area contributed by atoms with Gasteiger partial charge in [0.15, 0.2) is 23.3 Å². The summed E-state index contributed by atoms with van der Waals surface area (Å²) in [7, 11) is 1.49. The van der Waals surface area contributed by atoms with Crippen molar-refractivity contribution in [3.8, 4) is 11.5 Å². The molecule has 2 aromatic rings. The predicted octanol–water partition coefficient (Wildman–Crippen LogP) is 4.50. The molecule has 10 nitrogen and oxygen atoms in total. The Morgan fingerprint density at radius 2 is 1.95 bits per heavy atom. The number of ether oxygens (including phenoxy) is 4. The molecule has 2 aromatic carbocycles. The summed E-state index contributed by atoms with van der Waals surface area (Å²) in [6.07, 6.45) is 1.75. The number of benzene rings is 2. The van der Waals surface area contributed by atoms with Crippen molar-refractivity contribution in [2.24, 2.45) is 4.99 Å². The monoisotopic (exact) mass is 631 g/mol. The van der Waals surface area contributed by atoms with Gasteiger partial charge in [0.1, 0.15) is 0 Å². The van der Waals surface area contributed by atoms with Crippen LogP contribution < -0.4 is 9.47 Å². The molecule has 0 unspecified atom stereocenters. The van der Waals surface area contributed by atoms with E-state index in [4.69, 9.17) is 23.9 Å². The van der Waals surface area contributed by atoms with Crippen LogP contribution in [0.25, 0.3) is 6.08 Å². The topological polar surface area (TPSA) is 107 Å². The van der Waals surface area contributed by atoms with Crippen LogP contribution in [0.2, 0.25) is 0 Å². The van der Waals surface area contributed by atoms with Crippen molar-refractivity contribution >= 4 is 62.4 Å². The normalized spacial score (nSPS) is 17.4. The average Bonchev–Trinajstić information content (AvgIpc) is 3.25. The molecule has 0 aromatic heterocycles. The predicted molar refractivity (Wildman–Crippen MR) is 156 cm³/mol. The summed E-state index contributed by atoms with van der Waals surface area (Å²) in [5.41, 5.74) is 1.82. The minimum Gasteiger partial charge on any atom is -0.493 e. The Balaban J connectivity index is 1.56. The lowest BCUT2D eigenvalue weighted by Crippen LogP contribution is -2.40. The number of rotatable bonds is 9. The smallest absolute Gasteiger partial charge is 0.344 e. The fraction of sp³-hybridized carbons (Fsp3) is 0.357. The molecular formula is C28H30BrN3O7S. The van der Waals surface area contributed by atoms with Gasteiger partial charge in [-0.1, -0.05) is 6.07 Å². The number of nitrogens with zero attached hydrogens (tertiary/aromatic N) is 3. The van der Waals surface area contributed by atoms with Gasteiger partial charge < -0.3 is 23.8 Å². The molecule has 40 heavy (non-hydrogen) atoms. The van der Waals surface area contributed by atoms with Crippen molar-refractivity contribution in [1.82, 2.24) is 9.80 Å². The van der Waals surface area contributed by atoms with Gasteiger partial charge in [-0.3, -0.25) is 14.5 Å². The molecule has 0 saturated carbocycles. The van der Waals surface area contributed by atoms with E-state index in [1.165, 1.54) is 18.9 Å². The molecule has 12 heteroatoms. The highest BCUT2D eigenvalue weighted by atomic mass is 79.9. The lowest BCUT2D eigenvalue weighted by atomic mass is 10.1. The number of morpholine rings is 1. The van der Waals surface area contributed by atoms with E-state index in [-0.39, 0.29) is 25.0 Å². The Labute approximate surface area is 245 Å². The molecule has 2 fully saturated rings. The Morgan fingerprint density at radius 1 is 1.18 bits per heavy atom. The van der Waals surface area contributed by atoms with Gasteiger partial charge in [0.05, 0.1) is 42.0 Å². The first-order valence-electron chi connectivity index (χ1n) is 12.8. The van der Waals surface area contributed by atoms with Crippen LogP contribution in [-0.2, 0) is 19.1 Å². The number of hydrogen-bond acceptors (Lipinski definition) is 9. The summed E-state index contributed by atoms with van der Waals surface area (Å²) < 4.78 is 21.9. The van der Waals surface area contributed by atoms with Crippen LogP contribution in [0, 0.1) is 0 Å². The van der Waals surface area contributed by atoms with E-state index < -0.39 is 5.97 Å². The minimum absolute atomic E-state index is 0.0670. The molecule has 0 spiro atoms. The number of carbonyl (C=O) groups excluding carboxylic acids is 3. The third-order valence-electron chi connectivity index (χ3n) is 6.01. The van der Waals surface area contributed by atoms with Gasteiger partial charge in [-0.2, -0.15) is 0 Å². The van der Waals surface area contributed by atoms with Gasteiger partial charge in [-0.25, -0.2) is 9.79 Å². The summed E-state index contributed by atoms with van der Waals surface area (Å²) >= 11 is 4.72. The number of esters is 1. The molecule has 2 amide bonds. The van der Waals surface area contributed by atoms with Crippen LogP contribution in [0.3, 0.4) is 0 Å². The zero-order valence-electron chi connectivity index (χ0n) is 22.5. The van der Waals surface area contributed by atoms with Gasteiger partial charge in [-0.15, -0.1) is 0 Å². The number of hydrogen-bond donors (Lipinski definition) is 0. The average molecular weight is 633 g/mol. The molecule has 0 bridgehead atoms. The van der Waals surface area contributed by atoms with Crippen molar-refractivity contribution in [3.05, 3.63) is 56.9 Å². The number of halogens is 1. The maximum Gasteiger partial charge on any atom is 0.344 e. The Hall–Kier alpha value is -3.35. The first-order chi connectivity index (χ1) is 19.3. The maximum atomic E-state index is 13.2. The highest BCUT2D eigenvalue weighted by Crippen LogP contribution is 2.39. The molecular weight excluding hydrogens is 602 g/mol. The minimum atomic E-state index is -0.488. The second-order valence-corrected chi connectivity index (χ2v) is 10.5. The molecule has 0 N–H and O–H groups in total. The molecule has 2 aliphatic rings. The SMILES string of the molecule is CCOC(=O)COc1c(Br)cc(/C=C2/SC(=Nc3cccc(C(=O)N4CCOCC4)c3)N(CC)C2=O)cc1OC. The quantitative estimate of drug-likeness (QED) is 0.294. The van der Waals surface area contributed by atoms with Crippen LogP contribution >= 0.6 is 27.7 Å². The summed E-state index contributed by atoms with van der Waals surface area (Å²) in [5, 5.41) is 0.523. The van der Waals surface area contributed by atoms with E-state index in [0.29, 0.717) is 75.7 Å². The third-order valence-corrected chi connectivity index (χ3v) is 7.61. The highest BCUT2D eigenvalue weighted by molar-refractivity contribution is 9.10. The second kappa shape index (κ2) is 13.8. The van der Waals surface area contributed by atoms with Crippen molar-refractivity contribution in [2.45, 2.75) is 13.8 Å². The summed E-state index contributed by atoms with van der Waals surface area (Å²) in [4.78, 5) is 46.4. The summed E-state index contributed by atoms with van der Waals surface area (Å²) in [5.74, 6) is 0.0150. The molecule has 2 aliphatic heterocycles. The molecule has 4 rings (SSSR count). The van der Waals surface area contributed by atoms with Crippen LogP contribution in [0.5, 0.6) is 11.5 Å². The first-order valence-corrected chi connectivity index (χ1v) is 14.4. The standard InChI is InChI=1S/C28H30BrN3O7S/c1-4-32-27(35)23(15-18-13-21(29)25(22(14-18)36-3)39-17-24(33)38-5-2)40-28(32)30-20-8-6-7-19(16-20)26(34)31-9-11-37-12-10-31/h6-8,13-16H,4-5,9-12,17H2,1-3H3/b23-15+,30-28?. The van der Waals surface area contributed by atoms with E-state index in [1.54, 1.807) is 59.2 Å². The Morgan fingerprint density at radius 3 is 2.65 bits per heavy atom. The van der Waals surface area contributed by atoms with Crippen LogP contribution in [-0.4, -0.2) is 85.9 Å². The third kappa shape index (κ3) is 7.04. The number of amides is 2. The van der Waals surface area contributed by atoms with Crippen LogP contribution in [0.4, 0.5) is 5.69 Å². The lowest BCUT2D eigenvalue weighted by molar-refractivity contribution is -0.145. The van der Waals surface area contributed by atoms with Crippen LogP contribution in [0.1, 0.15) is 29.8 Å². The number of likely N-dealkylation sites (N-methyl/N-ethyl adjacent to an activating group) is 1. The zero-order valence-corrected chi connectivity index (χ0v) is 24.9. The maximum absolute atomic E-state index is 13.2. The fourth-order valence-corrected chi connectivity index (χ4v) is 5.72. The van der Waals surface area contributed by atoms with Gasteiger partial charge in [0.25, 0.3) is 11.8 Å². The summed E-state index contributed by atoms with van der Waals surface area (Å²) in [6, 6.07) is 10.6. The van der Waals surface area contributed by atoms with E-state index in [9.17, 15) is 14.4 Å². The molecule has 0 atom stereocenters. The largest absolute Gasteiger partial charge is 0.493 e. The number of carbonyl (C=O) groups is 3. The molecule has 212 valence electrons. The van der Waals surface area contributed by atoms with Crippen LogP contribution in [0.15, 0.2) is 50.8 Å². The fourth-order valence-electron chi connectivity index (χ4n) is 4.09. The van der Waals surface area contributed by atoms with Gasteiger partial charge in [0.2, 0.25) is 0 Å². The number of methoxy groups -OCH3 is 1. The molecule has 2 heterocycles. The highest BCUT2D eigenvalue weighted by Gasteiger charge is 2.32. The van der Waals surface area contributed by atoms with Gasteiger partial charge in [0, 0.05) is 25.2 Å². The van der Waals surface area contributed by atoms with E-state index in [2.05, 4.69) is 15.9 Å². The number of aliphatic imine (C=N–C) groups is 1. The van der Waals surface area contributed by atoms with E-state index in [0.717, 1.165) is 0 Å². The van der Waals surface area contributed by atoms with E-state index in [1.807, 2.05) is 6.92 Å². The van der Waals surface area contributed by atoms with Crippen molar-refractivity contribution in [2.75, 3.05) is 53.2 Å². The number of amidine groups is 1. The molecule has 0 radical (unpaired) electrons. The Kier molecular flexibility index (Phi) is 10.2. The molecule has 0 aliphatic carbocycles. The zero-order chi connectivity index (χ0) is 28.6. The van der Waals surface area contributed by atoms with E-state index >= 15 is 0 Å². The van der Waals surface area contributed by atoms with Crippen molar-refractivity contribution < 1.29 is 33.3 Å². The van der Waals surface area contributed by atoms with Gasteiger partial charge in [-0.05, 0) is 83.5 Å². The Bertz CT molecular complexity index is 1340. The summed E-state index contributed by atoms with van der Waals surface area (Å²) in [6.45, 7) is 6.20. The first kappa shape index (κ1) is 29.6. The molecule has 2 saturated heterocycles. The number of thioether (sulfide) groups is 1. The lowest BCUT2D eigenvalue weighted by Gasteiger charge is -2.26. The van der Waals surface area contributed by atoms with Gasteiger partial charge >= 0.3 is 5.97 Å². The van der Waals surface area contributed by atoms with Crippen molar-refractivity contribution in [3.63, 3.8) is 0 Å². The second-order valence-electron chi connectivity index (χ2n) is 8.64. The van der Waals surface area contributed by atoms with Crippen molar-refractivity contribution in [1.29, 1.82) is 0 Å².